The van der Waals surface area contributed by atoms with Crippen molar-refractivity contribution in [1.29, 1.82) is 0 Å². The lowest BCUT2D eigenvalue weighted by molar-refractivity contribution is 0.102. The summed E-state index contributed by atoms with van der Waals surface area (Å²) in [5, 5.41) is 10.5. The highest BCUT2D eigenvalue weighted by Gasteiger charge is 2.29. The number of anilines is 1. The van der Waals surface area contributed by atoms with Crippen LogP contribution in [0.4, 0.5) is 5.13 Å². The number of carbonyl (C=O) groups excluding carboxylic acids is 1. The summed E-state index contributed by atoms with van der Waals surface area (Å²) < 4.78 is 28.1. The summed E-state index contributed by atoms with van der Waals surface area (Å²) in [6.07, 6.45) is 0. The lowest BCUT2D eigenvalue weighted by Gasteiger charge is -2.21. The Balaban J connectivity index is 1.57. The fourth-order valence-electron chi connectivity index (χ4n) is 3.15. The van der Waals surface area contributed by atoms with Gasteiger partial charge in [0.15, 0.2) is 0 Å². The molecular formula is C24H22N4O3S2. The van der Waals surface area contributed by atoms with Gasteiger partial charge in [0.2, 0.25) is 9.47 Å². The molecule has 0 bridgehead atoms. The number of amides is 1. The van der Waals surface area contributed by atoms with E-state index in [1.807, 2.05) is 79.7 Å². The molecule has 0 fully saturated rings. The Labute approximate surface area is 196 Å². The van der Waals surface area contributed by atoms with Crippen LogP contribution >= 0.6 is 11.3 Å². The second kappa shape index (κ2) is 10.0. The van der Waals surface area contributed by atoms with Crippen LogP contribution in [0.2, 0.25) is 0 Å². The normalized spacial score (nSPS) is 11.5. The summed E-state index contributed by atoms with van der Waals surface area (Å²) >= 11 is 0.832. The Morgan fingerprint density at radius 1 is 0.848 bits per heavy atom. The molecule has 4 aromatic rings. The number of sulfonamides is 1. The molecule has 0 aliphatic rings. The van der Waals surface area contributed by atoms with Gasteiger partial charge in [-0.2, -0.15) is 4.31 Å². The minimum Gasteiger partial charge on any atom is -0.296 e. The Kier molecular flexibility index (Phi) is 6.93. The van der Waals surface area contributed by atoms with Gasteiger partial charge in [-0.1, -0.05) is 89.7 Å². The maximum absolute atomic E-state index is 13.5. The van der Waals surface area contributed by atoms with Crippen molar-refractivity contribution in [1.82, 2.24) is 14.5 Å². The molecule has 7 nitrogen and oxygen atoms in total. The van der Waals surface area contributed by atoms with E-state index in [4.69, 9.17) is 0 Å². The third kappa shape index (κ3) is 5.70. The van der Waals surface area contributed by atoms with Gasteiger partial charge in [0.25, 0.3) is 15.9 Å². The first-order valence-electron chi connectivity index (χ1n) is 10.2. The van der Waals surface area contributed by atoms with E-state index in [0.717, 1.165) is 28.0 Å². The molecule has 0 unspecified atom stereocenters. The molecule has 1 amide bonds. The summed E-state index contributed by atoms with van der Waals surface area (Å²) in [6, 6.07) is 25.8. The van der Waals surface area contributed by atoms with E-state index in [0.29, 0.717) is 5.56 Å². The number of carbonyl (C=O) groups is 1. The zero-order chi connectivity index (χ0) is 23.3. The number of aromatic nitrogens is 2. The van der Waals surface area contributed by atoms with E-state index >= 15 is 0 Å². The summed E-state index contributed by atoms with van der Waals surface area (Å²) in [4.78, 5) is 12.5. The van der Waals surface area contributed by atoms with Crippen molar-refractivity contribution >= 4 is 32.4 Å². The number of nitrogens with zero attached hydrogens (tertiary/aromatic N) is 3. The largest absolute Gasteiger partial charge is 0.296 e. The van der Waals surface area contributed by atoms with Crippen molar-refractivity contribution in [2.75, 3.05) is 5.32 Å². The molecule has 33 heavy (non-hydrogen) atoms. The van der Waals surface area contributed by atoms with Crippen LogP contribution in [0.5, 0.6) is 0 Å². The number of rotatable bonds is 8. The highest BCUT2D eigenvalue weighted by molar-refractivity contribution is 7.91. The van der Waals surface area contributed by atoms with Crippen molar-refractivity contribution in [2.24, 2.45) is 0 Å². The van der Waals surface area contributed by atoms with Crippen molar-refractivity contribution in [2.45, 2.75) is 24.4 Å². The van der Waals surface area contributed by atoms with Gasteiger partial charge < -0.3 is 0 Å². The van der Waals surface area contributed by atoms with E-state index in [-0.39, 0.29) is 28.5 Å². The van der Waals surface area contributed by atoms with Gasteiger partial charge in [0.1, 0.15) is 0 Å². The number of benzene rings is 3. The predicted molar refractivity (Wildman–Crippen MR) is 128 cm³/mol. The third-order valence-corrected chi connectivity index (χ3v) is 7.88. The van der Waals surface area contributed by atoms with Crippen LogP contribution in [0.15, 0.2) is 89.3 Å². The second-order valence-electron chi connectivity index (χ2n) is 7.44. The molecule has 168 valence electrons. The highest BCUT2D eigenvalue weighted by atomic mass is 32.2. The first-order valence-corrected chi connectivity index (χ1v) is 12.5. The van der Waals surface area contributed by atoms with E-state index in [1.54, 1.807) is 12.1 Å². The zero-order valence-electron chi connectivity index (χ0n) is 17.9. The molecule has 3 aromatic carbocycles. The van der Waals surface area contributed by atoms with Crippen molar-refractivity contribution < 1.29 is 13.2 Å². The zero-order valence-corrected chi connectivity index (χ0v) is 19.5. The molecule has 0 aliphatic carbocycles. The lowest BCUT2D eigenvalue weighted by Crippen LogP contribution is -2.30. The molecule has 9 heteroatoms. The molecule has 1 heterocycles. The SMILES string of the molecule is Cc1ccc(C(=O)Nc2nnc(S(=O)(=O)N(Cc3ccccc3)Cc3ccccc3)s2)cc1. The fraction of sp³-hybridized carbons (Fsp3) is 0.125. The molecule has 0 saturated heterocycles. The molecule has 0 spiro atoms. The Hall–Kier alpha value is -3.40. The lowest BCUT2D eigenvalue weighted by atomic mass is 10.1. The molecule has 1 aromatic heterocycles. The van der Waals surface area contributed by atoms with E-state index < -0.39 is 10.0 Å². The molecular weight excluding hydrogens is 456 g/mol. The van der Waals surface area contributed by atoms with Gasteiger partial charge in [0, 0.05) is 18.7 Å². The van der Waals surface area contributed by atoms with Crippen LogP contribution in [0.25, 0.3) is 0 Å². The standard InChI is InChI=1S/C24H22N4O3S2/c1-18-12-14-21(15-13-18)22(29)25-23-26-27-24(32-23)33(30,31)28(16-19-8-4-2-5-9-19)17-20-10-6-3-7-11-20/h2-15H,16-17H2,1H3,(H,25,26,29). The summed E-state index contributed by atoms with van der Waals surface area (Å²) in [5.74, 6) is -0.375. The first kappa shape index (κ1) is 22.8. The van der Waals surface area contributed by atoms with Gasteiger partial charge in [-0.25, -0.2) is 8.42 Å². The minimum atomic E-state index is -3.96. The van der Waals surface area contributed by atoms with Crippen molar-refractivity contribution in [3.63, 3.8) is 0 Å². The third-order valence-electron chi connectivity index (χ3n) is 4.90. The van der Waals surface area contributed by atoms with Crippen molar-refractivity contribution in [3.8, 4) is 0 Å². The van der Waals surface area contributed by atoms with Crippen LogP contribution in [0.3, 0.4) is 0 Å². The Morgan fingerprint density at radius 3 is 1.94 bits per heavy atom. The Morgan fingerprint density at radius 2 is 1.39 bits per heavy atom. The maximum atomic E-state index is 13.5. The fourth-order valence-corrected chi connectivity index (χ4v) is 5.60. The van der Waals surface area contributed by atoms with E-state index in [2.05, 4.69) is 15.5 Å². The van der Waals surface area contributed by atoms with Crippen molar-refractivity contribution in [3.05, 3.63) is 107 Å². The Bertz CT molecular complexity index is 1280. The van der Waals surface area contributed by atoms with Gasteiger partial charge in [-0.05, 0) is 30.2 Å². The smallest absolute Gasteiger partial charge is 0.272 e. The average molecular weight is 479 g/mol. The molecule has 1 N–H and O–H groups in total. The molecule has 0 radical (unpaired) electrons. The molecule has 4 rings (SSSR count). The maximum Gasteiger partial charge on any atom is 0.272 e. The summed E-state index contributed by atoms with van der Waals surface area (Å²) in [7, 11) is -3.96. The van der Waals surface area contributed by atoms with Gasteiger partial charge in [-0.3, -0.25) is 10.1 Å². The first-order chi connectivity index (χ1) is 15.9. The van der Waals surface area contributed by atoms with E-state index in [9.17, 15) is 13.2 Å². The average Bonchev–Trinajstić information content (AvgIpc) is 3.30. The number of nitrogens with one attached hydrogen (secondary N) is 1. The predicted octanol–water partition coefficient (Wildman–Crippen LogP) is 4.49. The van der Waals surface area contributed by atoms with E-state index in [1.165, 1.54) is 4.31 Å². The summed E-state index contributed by atoms with van der Waals surface area (Å²) in [5.41, 5.74) is 3.20. The monoisotopic (exact) mass is 478 g/mol. The van der Waals surface area contributed by atoms with Crippen LogP contribution in [-0.2, 0) is 23.1 Å². The van der Waals surface area contributed by atoms with Gasteiger partial charge >= 0.3 is 0 Å². The minimum absolute atomic E-state index is 0.124. The molecule has 0 atom stereocenters. The quantitative estimate of drug-likeness (QED) is 0.377. The van der Waals surface area contributed by atoms with Gasteiger partial charge in [-0.15, -0.1) is 10.2 Å². The van der Waals surface area contributed by atoms with Crippen LogP contribution in [0.1, 0.15) is 27.0 Å². The number of hydrogen-bond acceptors (Lipinski definition) is 6. The van der Waals surface area contributed by atoms with Gasteiger partial charge in [0.05, 0.1) is 0 Å². The second-order valence-corrected chi connectivity index (χ2v) is 10.5. The molecule has 0 saturated carbocycles. The number of aryl methyl sites for hydroxylation is 1. The van der Waals surface area contributed by atoms with Crippen LogP contribution < -0.4 is 5.32 Å². The molecule has 0 aliphatic heterocycles. The number of hydrogen-bond donors (Lipinski definition) is 1. The summed E-state index contributed by atoms with van der Waals surface area (Å²) in [6.45, 7) is 2.30. The topological polar surface area (TPSA) is 92.3 Å². The highest BCUT2D eigenvalue weighted by Crippen LogP contribution is 2.26. The van der Waals surface area contributed by atoms with Crippen LogP contribution in [0, 0.1) is 6.92 Å². The van der Waals surface area contributed by atoms with Crippen LogP contribution in [-0.4, -0.2) is 28.8 Å².